The minimum atomic E-state index is -0.887. The van der Waals surface area contributed by atoms with Crippen molar-refractivity contribution in [1.82, 2.24) is 0 Å². The third kappa shape index (κ3) is 1.33. The second-order valence-corrected chi connectivity index (χ2v) is 4.33. The molecule has 0 spiro atoms. The molecule has 0 heterocycles. The number of hydrogen-bond donors (Lipinski definition) is 1. The second-order valence-electron chi connectivity index (χ2n) is 4.33. The zero-order valence-corrected chi connectivity index (χ0v) is 9.29. The third-order valence-corrected chi connectivity index (χ3v) is 3.38. The summed E-state index contributed by atoms with van der Waals surface area (Å²) in [6.45, 7) is 6.46. The molecule has 0 aromatic carbocycles. The van der Waals surface area contributed by atoms with E-state index in [1.54, 1.807) is 0 Å². The van der Waals surface area contributed by atoms with Gasteiger partial charge in [0.2, 0.25) is 0 Å². The molecule has 0 saturated heterocycles. The van der Waals surface area contributed by atoms with E-state index in [1.165, 1.54) is 7.11 Å². The molecule has 4 nitrogen and oxygen atoms in total. The fourth-order valence-electron chi connectivity index (χ4n) is 1.96. The lowest BCUT2D eigenvalue weighted by Gasteiger charge is -2.56. The highest BCUT2D eigenvalue weighted by Gasteiger charge is 2.63. The van der Waals surface area contributed by atoms with Gasteiger partial charge >= 0.3 is 5.97 Å². The Morgan fingerprint density at radius 3 is 2.50 bits per heavy atom. The van der Waals surface area contributed by atoms with E-state index in [2.05, 4.69) is 0 Å². The van der Waals surface area contributed by atoms with Gasteiger partial charge in [-0.2, -0.15) is 0 Å². The van der Waals surface area contributed by atoms with E-state index < -0.39 is 5.54 Å². The van der Waals surface area contributed by atoms with Crippen LogP contribution in [0, 0.1) is 5.41 Å². The number of carbonyl (C=O) groups is 1. The van der Waals surface area contributed by atoms with Gasteiger partial charge in [-0.1, -0.05) is 13.8 Å². The summed E-state index contributed by atoms with van der Waals surface area (Å²) >= 11 is 0. The van der Waals surface area contributed by atoms with E-state index in [4.69, 9.17) is 15.2 Å². The van der Waals surface area contributed by atoms with Gasteiger partial charge in [0.05, 0.1) is 13.2 Å². The third-order valence-electron chi connectivity index (χ3n) is 3.38. The van der Waals surface area contributed by atoms with Crippen LogP contribution in [0.1, 0.15) is 27.2 Å². The van der Waals surface area contributed by atoms with E-state index in [-0.39, 0.29) is 17.5 Å². The van der Waals surface area contributed by atoms with Crippen LogP contribution >= 0.6 is 0 Å². The molecule has 1 rings (SSSR count). The molecule has 14 heavy (non-hydrogen) atoms. The normalized spacial score (nSPS) is 34.8. The molecule has 0 aromatic heterocycles. The average Bonchev–Trinajstić information content (AvgIpc) is 2.16. The molecule has 0 bridgehead atoms. The minimum Gasteiger partial charge on any atom is -0.468 e. The van der Waals surface area contributed by atoms with Gasteiger partial charge in [0.1, 0.15) is 5.54 Å². The molecular weight excluding hydrogens is 182 g/mol. The highest BCUT2D eigenvalue weighted by Crippen LogP contribution is 2.50. The summed E-state index contributed by atoms with van der Waals surface area (Å²) in [5, 5.41) is 0. The van der Waals surface area contributed by atoms with Crippen LogP contribution in [0.5, 0.6) is 0 Å². The second kappa shape index (κ2) is 3.51. The van der Waals surface area contributed by atoms with E-state index in [9.17, 15) is 4.79 Å². The maximum atomic E-state index is 11.5. The van der Waals surface area contributed by atoms with Crippen molar-refractivity contribution in [3.8, 4) is 0 Å². The molecule has 82 valence electrons. The standard InChI is InChI=1S/C10H19NO3/c1-5-14-7-6-10(11,8(12)13-4)9(7,2)3/h7H,5-6,11H2,1-4H3/t7-,10-/m0/s1. The number of ether oxygens (including phenoxy) is 2. The number of rotatable bonds is 3. The van der Waals surface area contributed by atoms with Crippen LogP contribution in [0.25, 0.3) is 0 Å². The van der Waals surface area contributed by atoms with E-state index in [0.717, 1.165) is 0 Å². The fourth-order valence-corrected chi connectivity index (χ4v) is 1.96. The quantitative estimate of drug-likeness (QED) is 0.682. The van der Waals surface area contributed by atoms with Crippen LogP contribution in [0.15, 0.2) is 0 Å². The summed E-state index contributed by atoms with van der Waals surface area (Å²) in [7, 11) is 1.36. The van der Waals surface area contributed by atoms with Crippen molar-refractivity contribution in [2.45, 2.75) is 38.8 Å². The average molecular weight is 201 g/mol. The molecule has 1 fully saturated rings. The van der Waals surface area contributed by atoms with Gasteiger partial charge in [-0.05, 0) is 6.92 Å². The molecule has 0 radical (unpaired) electrons. The Bertz CT molecular complexity index is 240. The highest BCUT2D eigenvalue weighted by atomic mass is 16.5. The molecule has 1 aliphatic carbocycles. The van der Waals surface area contributed by atoms with Crippen molar-refractivity contribution in [3.05, 3.63) is 0 Å². The van der Waals surface area contributed by atoms with E-state index >= 15 is 0 Å². The molecule has 0 unspecified atom stereocenters. The van der Waals surface area contributed by atoms with Gasteiger partial charge in [-0.25, -0.2) is 0 Å². The summed E-state index contributed by atoms with van der Waals surface area (Å²) in [5.74, 6) is -0.349. The number of carbonyl (C=O) groups excluding carboxylic acids is 1. The van der Waals surface area contributed by atoms with Crippen molar-refractivity contribution in [3.63, 3.8) is 0 Å². The Morgan fingerprint density at radius 1 is 1.57 bits per heavy atom. The monoisotopic (exact) mass is 201 g/mol. The van der Waals surface area contributed by atoms with Crippen LogP contribution < -0.4 is 5.73 Å². The smallest absolute Gasteiger partial charge is 0.326 e. The highest BCUT2D eigenvalue weighted by molar-refractivity contribution is 5.83. The summed E-state index contributed by atoms with van der Waals surface area (Å²) in [6, 6.07) is 0. The van der Waals surface area contributed by atoms with Crippen LogP contribution in [-0.2, 0) is 14.3 Å². The largest absolute Gasteiger partial charge is 0.468 e. The first-order valence-corrected chi connectivity index (χ1v) is 4.89. The first-order valence-electron chi connectivity index (χ1n) is 4.89. The molecule has 1 saturated carbocycles. The Morgan fingerprint density at radius 2 is 2.14 bits per heavy atom. The summed E-state index contributed by atoms with van der Waals surface area (Å²) < 4.78 is 10.2. The summed E-state index contributed by atoms with van der Waals surface area (Å²) in [4.78, 5) is 11.5. The Labute approximate surface area is 84.7 Å². The van der Waals surface area contributed by atoms with Gasteiger partial charge < -0.3 is 15.2 Å². The molecule has 0 aromatic rings. The molecular formula is C10H19NO3. The molecule has 1 aliphatic rings. The number of esters is 1. The van der Waals surface area contributed by atoms with Crippen LogP contribution in [-0.4, -0.2) is 31.3 Å². The van der Waals surface area contributed by atoms with Crippen molar-refractivity contribution in [2.75, 3.05) is 13.7 Å². The Kier molecular flexibility index (Phi) is 2.88. The Hall–Kier alpha value is -0.610. The van der Waals surface area contributed by atoms with Gasteiger partial charge in [0.15, 0.2) is 0 Å². The van der Waals surface area contributed by atoms with E-state index in [1.807, 2.05) is 20.8 Å². The predicted octanol–water partition coefficient (Wildman–Crippen LogP) is 0.692. The van der Waals surface area contributed by atoms with Crippen molar-refractivity contribution in [2.24, 2.45) is 11.1 Å². The van der Waals surface area contributed by atoms with Crippen molar-refractivity contribution in [1.29, 1.82) is 0 Å². The maximum Gasteiger partial charge on any atom is 0.326 e. The van der Waals surface area contributed by atoms with Gasteiger partial charge in [0, 0.05) is 18.4 Å². The number of hydrogen-bond acceptors (Lipinski definition) is 4. The minimum absolute atomic E-state index is 0.0524. The first-order chi connectivity index (χ1) is 6.40. The van der Waals surface area contributed by atoms with Crippen molar-refractivity contribution >= 4 is 5.97 Å². The molecule has 2 atom stereocenters. The lowest BCUT2D eigenvalue weighted by atomic mass is 9.54. The fraction of sp³-hybridized carbons (Fsp3) is 0.900. The lowest BCUT2D eigenvalue weighted by Crippen LogP contribution is -2.73. The van der Waals surface area contributed by atoms with Gasteiger partial charge in [-0.15, -0.1) is 0 Å². The van der Waals surface area contributed by atoms with E-state index in [0.29, 0.717) is 13.0 Å². The van der Waals surface area contributed by atoms with Crippen LogP contribution in [0.4, 0.5) is 0 Å². The van der Waals surface area contributed by atoms with Crippen LogP contribution in [0.2, 0.25) is 0 Å². The zero-order valence-electron chi connectivity index (χ0n) is 9.29. The first kappa shape index (κ1) is 11.5. The number of methoxy groups -OCH3 is 1. The summed E-state index contributed by atoms with van der Waals surface area (Å²) in [6.07, 6.45) is 0.595. The lowest BCUT2D eigenvalue weighted by molar-refractivity contribution is -0.187. The van der Waals surface area contributed by atoms with Crippen molar-refractivity contribution < 1.29 is 14.3 Å². The molecule has 4 heteroatoms. The summed E-state index contributed by atoms with van der Waals surface area (Å²) in [5.41, 5.74) is 4.76. The van der Waals surface area contributed by atoms with Gasteiger partial charge in [-0.3, -0.25) is 4.79 Å². The topological polar surface area (TPSA) is 61.5 Å². The SMILES string of the molecule is CCO[C@H]1C[C@](N)(C(=O)OC)C1(C)C. The molecule has 2 N–H and O–H groups in total. The maximum absolute atomic E-state index is 11.5. The zero-order chi connectivity index (χ0) is 11.0. The Balaban J connectivity index is 2.74. The molecule has 0 aliphatic heterocycles. The number of nitrogens with two attached hydrogens (primary N) is 1. The van der Waals surface area contributed by atoms with Gasteiger partial charge in [0.25, 0.3) is 0 Å². The molecule has 0 amide bonds. The van der Waals surface area contributed by atoms with Crippen LogP contribution in [0.3, 0.4) is 0 Å². The predicted molar refractivity (Wildman–Crippen MR) is 52.7 cm³/mol.